The molecule has 0 saturated heterocycles. The van der Waals surface area contributed by atoms with Gasteiger partial charge < -0.3 is 14.5 Å². The lowest BCUT2D eigenvalue weighted by molar-refractivity contribution is 0.0927. The normalized spacial score (nSPS) is 11.0. The first-order chi connectivity index (χ1) is 14.0. The lowest BCUT2D eigenvalue weighted by Crippen LogP contribution is -2.25. The number of aryl methyl sites for hydroxylation is 1. The zero-order valence-electron chi connectivity index (χ0n) is 16.0. The number of amides is 1. The van der Waals surface area contributed by atoms with Crippen molar-refractivity contribution in [2.45, 2.75) is 13.3 Å². The van der Waals surface area contributed by atoms with E-state index in [4.69, 9.17) is 9.15 Å². The third-order valence-electron chi connectivity index (χ3n) is 4.66. The first kappa shape index (κ1) is 19.1. The van der Waals surface area contributed by atoms with Gasteiger partial charge in [-0.05, 0) is 49.4 Å². The Morgan fingerprint density at radius 1 is 1.24 bits per heavy atom. The fourth-order valence-electron chi connectivity index (χ4n) is 3.08. The standard InChI is InChI=1S/C22H19FN2O3S/c1-13-18-11-15(23)5-8-19(18)28-20(13)21(26)24-10-9-16-12-29-22(25-16)14-3-6-17(27-2)7-4-14/h3-8,11-12H,9-10H2,1-2H3,(H,24,26). The molecule has 1 N–H and O–H groups in total. The van der Waals surface area contributed by atoms with Gasteiger partial charge in [-0.3, -0.25) is 4.79 Å². The van der Waals surface area contributed by atoms with Gasteiger partial charge in [0, 0.05) is 34.9 Å². The lowest BCUT2D eigenvalue weighted by Gasteiger charge is -2.02. The van der Waals surface area contributed by atoms with Crippen molar-refractivity contribution >= 4 is 28.2 Å². The van der Waals surface area contributed by atoms with Crippen LogP contribution in [0.5, 0.6) is 5.75 Å². The maximum Gasteiger partial charge on any atom is 0.287 e. The first-order valence-corrected chi connectivity index (χ1v) is 9.99. The highest BCUT2D eigenvalue weighted by molar-refractivity contribution is 7.13. The van der Waals surface area contributed by atoms with Crippen LogP contribution in [0.25, 0.3) is 21.5 Å². The van der Waals surface area contributed by atoms with E-state index < -0.39 is 0 Å². The Kier molecular flexibility index (Phi) is 5.31. The van der Waals surface area contributed by atoms with E-state index >= 15 is 0 Å². The number of benzene rings is 2. The van der Waals surface area contributed by atoms with E-state index in [1.54, 1.807) is 25.4 Å². The van der Waals surface area contributed by atoms with E-state index in [0.717, 1.165) is 22.0 Å². The number of nitrogens with zero attached hydrogens (tertiary/aromatic N) is 1. The summed E-state index contributed by atoms with van der Waals surface area (Å²) in [4.78, 5) is 17.1. The molecule has 4 rings (SSSR count). The molecular weight excluding hydrogens is 391 g/mol. The summed E-state index contributed by atoms with van der Waals surface area (Å²) in [5.41, 5.74) is 3.06. The van der Waals surface area contributed by atoms with Crippen LogP contribution in [0.1, 0.15) is 21.8 Å². The molecule has 0 radical (unpaired) electrons. The molecule has 0 spiro atoms. The number of thiazole rings is 1. The van der Waals surface area contributed by atoms with Crippen molar-refractivity contribution in [3.05, 3.63) is 70.7 Å². The van der Waals surface area contributed by atoms with Crippen molar-refractivity contribution in [2.24, 2.45) is 0 Å². The highest BCUT2D eigenvalue weighted by Gasteiger charge is 2.17. The number of carbonyl (C=O) groups is 1. The van der Waals surface area contributed by atoms with Crippen LogP contribution in [-0.4, -0.2) is 24.5 Å². The molecule has 0 atom stereocenters. The van der Waals surface area contributed by atoms with E-state index in [-0.39, 0.29) is 17.5 Å². The van der Waals surface area contributed by atoms with E-state index in [0.29, 0.717) is 29.5 Å². The number of nitrogens with one attached hydrogen (secondary N) is 1. The van der Waals surface area contributed by atoms with Crippen molar-refractivity contribution in [1.82, 2.24) is 10.3 Å². The molecule has 0 saturated carbocycles. The Morgan fingerprint density at radius 3 is 2.79 bits per heavy atom. The molecule has 0 fully saturated rings. The topological polar surface area (TPSA) is 64.4 Å². The predicted octanol–water partition coefficient (Wildman–Crippen LogP) is 4.98. The van der Waals surface area contributed by atoms with Crippen LogP contribution < -0.4 is 10.1 Å². The molecule has 0 aliphatic carbocycles. The van der Waals surface area contributed by atoms with Crippen LogP contribution in [0.3, 0.4) is 0 Å². The molecule has 0 bridgehead atoms. The second-order valence-electron chi connectivity index (χ2n) is 6.58. The van der Waals surface area contributed by atoms with Crippen LogP contribution >= 0.6 is 11.3 Å². The molecule has 2 heterocycles. The molecule has 4 aromatic rings. The van der Waals surface area contributed by atoms with Gasteiger partial charge in [-0.2, -0.15) is 0 Å². The molecule has 2 aromatic carbocycles. The zero-order chi connectivity index (χ0) is 20.4. The molecule has 0 unspecified atom stereocenters. The summed E-state index contributed by atoms with van der Waals surface area (Å²) >= 11 is 1.56. The number of ether oxygens (including phenoxy) is 1. The summed E-state index contributed by atoms with van der Waals surface area (Å²) in [6.07, 6.45) is 0.603. The van der Waals surface area contributed by atoms with Crippen LogP contribution in [0, 0.1) is 12.7 Å². The van der Waals surface area contributed by atoms with Gasteiger partial charge in [0.05, 0.1) is 12.8 Å². The second-order valence-corrected chi connectivity index (χ2v) is 7.43. The number of furan rings is 1. The summed E-state index contributed by atoms with van der Waals surface area (Å²) in [5.74, 6) is 0.342. The summed E-state index contributed by atoms with van der Waals surface area (Å²) in [6.45, 7) is 2.18. The summed E-state index contributed by atoms with van der Waals surface area (Å²) < 4.78 is 24.2. The van der Waals surface area contributed by atoms with Crippen molar-refractivity contribution in [3.63, 3.8) is 0 Å². The quantitative estimate of drug-likeness (QED) is 0.487. The minimum absolute atomic E-state index is 0.211. The SMILES string of the molecule is COc1ccc(-c2nc(CCNC(=O)c3oc4ccc(F)cc4c3C)cs2)cc1. The highest BCUT2D eigenvalue weighted by atomic mass is 32.1. The number of hydrogen-bond acceptors (Lipinski definition) is 5. The van der Waals surface area contributed by atoms with Crippen LogP contribution in [0.2, 0.25) is 0 Å². The smallest absolute Gasteiger partial charge is 0.287 e. The maximum atomic E-state index is 13.4. The van der Waals surface area contributed by atoms with Crippen molar-refractivity contribution in [2.75, 3.05) is 13.7 Å². The minimum atomic E-state index is -0.357. The van der Waals surface area contributed by atoms with E-state index in [2.05, 4.69) is 10.3 Å². The molecule has 29 heavy (non-hydrogen) atoms. The Morgan fingerprint density at radius 2 is 2.03 bits per heavy atom. The van der Waals surface area contributed by atoms with Crippen LogP contribution in [-0.2, 0) is 6.42 Å². The van der Waals surface area contributed by atoms with Gasteiger partial charge in [0.15, 0.2) is 5.76 Å². The third kappa shape index (κ3) is 4.00. The van der Waals surface area contributed by atoms with Gasteiger partial charge in [0.25, 0.3) is 5.91 Å². The Hall–Kier alpha value is -3.19. The lowest BCUT2D eigenvalue weighted by atomic mass is 10.1. The van der Waals surface area contributed by atoms with Crippen molar-refractivity contribution in [3.8, 4) is 16.3 Å². The predicted molar refractivity (Wildman–Crippen MR) is 111 cm³/mol. The number of hydrogen-bond donors (Lipinski definition) is 1. The monoisotopic (exact) mass is 410 g/mol. The number of fused-ring (bicyclic) bond motifs is 1. The molecule has 1 amide bonds. The van der Waals surface area contributed by atoms with Gasteiger partial charge in [0.1, 0.15) is 22.2 Å². The Bertz CT molecular complexity index is 1160. The zero-order valence-corrected chi connectivity index (χ0v) is 16.8. The van der Waals surface area contributed by atoms with Crippen LogP contribution in [0.4, 0.5) is 4.39 Å². The number of halogens is 1. The molecular formula is C22H19FN2O3S. The average Bonchev–Trinajstić information content (AvgIpc) is 3.33. The van der Waals surface area contributed by atoms with E-state index in [1.807, 2.05) is 29.6 Å². The number of carbonyl (C=O) groups excluding carboxylic acids is 1. The number of aromatic nitrogens is 1. The average molecular weight is 410 g/mol. The molecule has 2 aromatic heterocycles. The minimum Gasteiger partial charge on any atom is -0.497 e. The van der Waals surface area contributed by atoms with Crippen LogP contribution in [0.15, 0.2) is 52.3 Å². The largest absolute Gasteiger partial charge is 0.497 e. The Balaban J connectivity index is 1.38. The fourth-order valence-corrected chi connectivity index (χ4v) is 3.94. The number of rotatable bonds is 6. The summed E-state index contributed by atoms with van der Waals surface area (Å²) in [6, 6.07) is 12.0. The van der Waals surface area contributed by atoms with Gasteiger partial charge in [0.2, 0.25) is 0 Å². The number of methoxy groups -OCH3 is 1. The second kappa shape index (κ2) is 8.05. The maximum absolute atomic E-state index is 13.4. The molecule has 5 nitrogen and oxygen atoms in total. The van der Waals surface area contributed by atoms with Gasteiger partial charge >= 0.3 is 0 Å². The van der Waals surface area contributed by atoms with Gasteiger partial charge in [-0.25, -0.2) is 9.37 Å². The van der Waals surface area contributed by atoms with E-state index in [9.17, 15) is 9.18 Å². The van der Waals surface area contributed by atoms with Crippen molar-refractivity contribution in [1.29, 1.82) is 0 Å². The summed E-state index contributed by atoms with van der Waals surface area (Å²) in [7, 11) is 1.63. The van der Waals surface area contributed by atoms with E-state index in [1.165, 1.54) is 18.2 Å². The van der Waals surface area contributed by atoms with Gasteiger partial charge in [-0.15, -0.1) is 11.3 Å². The molecule has 0 aliphatic heterocycles. The van der Waals surface area contributed by atoms with Gasteiger partial charge in [-0.1, -0.05) is 0 Å². The highest BCUT2D eigenvalue weighted by Crippen LogP contribution is 2.27. The summed E-state index contributed by atoms with van der Waals surface area (Å²) in [5, 5.41) is 6.37. The Labute approximate surface area is 171 Å². The molecule has 148 valence electrons. The third-order valence-corrected chi connectivity index (χ3v) is 5.60. The molecule has 0 aliphatic rings. The first-order valence-electron chi connectivity index (χ1n) is 9.11. The van der Waals surface area contributed by atoms with Crippen molar-refractivity contribution < 1.29 is 18.3 Å². The molecule has 7 heteroatoms. The fraction of sp³-hybridized carbons (Fsp3) is 0.182.